The van der Waals surface area contributed by atoms with Crippen LogP contribution in [0.4, 0.5) is 0 Å². The van der Waals surface area contributed by atoms with Gasteiger partial charge in [-0.3, -0.25) is 0 Å². The second-order valence-electron chi connectivity index (χ2n) is 2.49. The lowest BCUT2D eigenvalue weighted by atomic mass is 10.2. The van der Waals surface area contributed by atoms with Gasteiger partial charge < -0.3 is 5.32 Å². The molecule has 1 saturated heterocycles. The molecule has 1 fully saturated rings. The molecule has 2 heteroatoms. The van der Waals surface area contributed by atoms with Crippen LogP contribution in [0, 0.1) is 5.92 Å². The Bertz CT molecular complexity index is 56.9. The molecular weight excluding hydrogens is 118 g/mol. The third-order valence-electron chi connectivity index (χ3n) is 1.38. The van der Waals surface area contributed by atoms with E-state index in [2.05, 4.69) is 19.2 Å². The summed E-state index contributed by atoms with van der Waals surface area (Å²) < 4.78 is 0. The maximum absolute atomic E-state index is 3.39. The fraction of sp³-hybridized carbons (Fsp3) is 1.00. The average Bonchev–Trinajstić information content (AvgIpc) is 1.77. The molecule has 2 atom stereocenters. The van der Waals surface area contributed by atoms with Gasteiger partial charge in [-0.25, -0.2) is 0 Å². The van der Waals surface area contributed by atoms with Crippen LogP contribution in [0.15, 0.2) is 0 Å². The van der Waals surface area contributed by atoms with Gasteiger partial charge in [0.2, 0.25) is 0 Å². The smallest absolute Gasteiger partial charge is 0.0503 e. The highest BCUT2D eigenvalue weighted by molar-refractivity contribution is 7.99. The summed E-state index contributed by atoms with van der Waals surface area (Å²) in [5.74, 6) is 2.20. The van der Waals surface area contributed by atoms with Crippen molar-refractivity contribution in [1.29, 1.82) is 0 Å². The monoisotopic (exact) mass is 131 g/mol. The van der Waals surface area contributed by atoms with Gasteiger partial charge in [0.1, 0.15) is 0 Å². The van der Waals surface area contributed by atoms with Crippen LogP contribution in [0.5, 0.6) is 0 Å². The van der Waals surface area contributed by atoms with Crippen molar-refractivity contribution in [2.45, 2.75) is 19.2 Å². The second-order valence-corrected chi connectivity index (χ2v) is 3.86. The van der Waals surface area contributed by atoms with E-state index in [1.165, 1.54) is 12.3 Å². The van der Waals surface area contributed by atoms with Gasteiger partial charge in [0, 0.05) is 0 Å². The molecule has 0 saturated carbocycles. The largest absolute Gasteiger partial charge is 0.305 e. The van der Waals surface area contributed by atoms with Crippen LogP contribution in [0.25, 0.3) is 0 Å². The van der Waals surface area contributed by atoms with Crippen molar-refractivity contribution in [3.63, 3.8) is 0 Å². The molecule has 1 rings (SSSR count). The van der Waals surface area contributed by atoms with Gasteiger partial charge in [0.05, 0.1) is 5.37 Å². The summed E-state index contributed by atoms with van der Waals surface area (Å²) in [7, 11) is 0. The minimum absolute atomic E-state index is 0.686. The Kier molecular flexibility index (Phi) is 2.20. The van der Waals surface area contributed by atoms with E-state index in [-0.39, 0.29) is 0 Å². The number of hydrogen-bond acceptors (Lipinski definition) is 2. The Morgan fingerprint density at radius 2 is 2.25 bits per heavy atom. The molecule has 1 N–H and O–H groups in total. The molecular formula is C6H13NS. The van der Waals surface area contributed by atoms with Gasteiger partial charge in [-0.2, -0.15) is 0 Å². The van der Waals surface area contributed by atoms with Crippen LogP contribution < -0.4 is 5.32 Å². The quantitative estimate of drug-likeness (QED) is 0.532. The fourth-order valence-electron chi connectivity index (χ4n) is 0.794. The first kappa shape index (κ1) is 6.43. The molecule has 0 bridgehead atoms. The van der Waals surface area contributed by atoms with E-state index < -0.39 is 0 Å². The van der Waals surface area contributed by atoms with Crippen LogP contribution in [0.1, 0.15) is 13.8 Å². The van der Waals surface area contributed by atoms with Gasteiger partial charge >= 0.3 is 0 Å². The highest BCUT2D eigenvalue weighted by Crippen LogP contribution is 2.16. The van der Waals surface area contributed by atoms with Crippen LogP contribution in [0.2, 0.25) is 0 Å². The predicted molar refractivity (Wildman–Crippen MR) is 39.1 cm³/mol. The van der Waals surface area contributed by atoms with Gasteiger partial charge in [0.15, 0.2) is 0 Å². The Hall–Kier alpha value is 0.310. The van der Waals surface area contributed by atoms with Gasteiger partial charge in [-0.05, 0) is 25.1 Å². The zero-order valence-electron chi connectivity index (χ0n) is 5.48. The molecule has 0 aromatic heterocycles. The molecule has 48 valence electrons. The molecule has 0 aromatic carbocycles. The summed E-state index contributed by atoms with van der Waals surface area (Å²) in [6, 6.07) is 0. The molecule has 1 aliphatic rings. The van der Waals surface area contributed by atoms with E-state index in [0.29, 0.717) is 5.37 Å². The van der Waals surface area contributed by atoms with Gasteiger partial charge in [-0.15, -0.1) is 11.8 Å². The zero-order chi connectivity index (χ0) is 5.98. The molecule has 0 radical (unpaired) electrons. The average molecular weight is 131 g/mol. The number of nitrogens with one attached hydrogen (secondary N) is 1. The van der Waals surface area contributed by atoms with Crippen molar-refractivity contribution in [3.8, 4) is 0 Å². The van der Waals surface area contributed by atoms with Crippen molar-refractivity contribution in [2.24, 2.45) is 5.92 Å². The topological polar surface area (TPSA) is 12.0 Å². The zero-order valence-corrected chi connectivity index (χ0v) is 6.29. The molecule has 1 heterocycles. The van der Waals surface area contributed by atoms with Crippen molar-refractivity contribution in [1.82, 2.24) is 5.32 Å². The van der Waals surface area contributed by atoms with Crippen LogP contribution >= 0.6 is 11.8 Å². The predicted octanol–water partition coefficient (Wildman–Crippen LogP) is 1.30. The number of hydrogen-bond donors (Lipinski definition) is 1. The molecule has 8 heavy (non-hydrogen) atoms. The lowest BCUT2D eigenvalue weighted by Gasteiger charge is -2.23. The molecule has 2 unspecified atom stereocenters. The van der Waals surface area contributed by atoms with Gasteiger partial charge in [-0.1, -0.05) is 6.92 Å². The second kappa shape index (κ2) is 2.74. The van der Waals surface area contributed by atoms with E-state index in [0.717, 1.165) is 5.92 Å². The number of rotatable bonds is 0. The van der Waals surface area contributed by atoms with E-state index in [1.54, 1.807) is 0 Å². The standard InChI is InChI=1S/C6H13NS/c1-5-3-7-6(2)8-4-5/h5-7H,3-4H2,1-2H3. The summed E-state index contributed by atoms with van der Waals surface area (Å²) in [6.45, 7) is 5.70. The van der Waals surface area contributed by atoms with Crippen LogP contribution in [-0.2, 0) is 0 Å². The van der Waals surface area contributed by atoms with Crippen molar-refractivity contribution in [2.75, 3.05) is 12.3 Å². The third-order valence-corrected chi connectivity index (χ3v) is 2.81. The van der Waals surface area contributed by atoms with E-state index in [9.17, 15) is 0 Å². The summed E-state index contributed by atoms with van der Waals surface area (Å²) in [5, 5.41) is 4.08. The van der Waals surface area contributed by atoms with Crippen LogP contribution in [-0.4, -0.2) is 17.7 Å². The van der Waals surface area contributed by atoms with Gasteiger partial charge in [0.25, 0.3) is 0 Å². The first-order chi connectivity index (χ1) is 3.79. The Labute approximate surface area is 55.2 Å². The van der Waals surface area contributed by atoms with Crippen molar-refractivity contribution < 1.29 is 0 Å². The molecule has 1 nitrogen and oxygen atoms in total. The number of thioether (sulfide) groups is 1. The molecule has 0 aliphatic carbocycles. The maximum Gasteiger partial charge on any atom is 0.0503 e. The highest BCUT2D eigenvalue weighted by atomic mass is 32.2. The van der Waals surface area contributed by atoms with Crippen molar-refractivity contribution >= 4 is 11.8 Å². The third kappa shape index (κ3) is 1.67. The minimum atomic E-state index is 0.686. The SMILES string of the molecule is CC1CNC(C)SC1. The van der Waals surface area contributed by atoms with E-state index in [1.807, 2.05) is 11.8 Å². The highest BCUT2D eigenvalue weighted by Gasteiger charge is 2.12. The Morgan fingerprint density at radius 3 is 2.62 bits per heavy atom. The first-order valence-corrected chi connectivity index (χ1v) is 4.19. The van der Waals surface area contributed by atoms with Crippen molar-refractivity contribution in [3.05, 3.63) is 0 Å². The molecule has 0 amide bonds. The summed E-state index contributed by atoms with van der Waals surface area (Å²) in [6.07, 6.45) is 0. The summed E-state index contributed by atoms with van der Waals surface area (Å²) >= 11 is 2.02. The Balaban J connectivity index is 2.19. The Morgan fingerprint density at radius 1 is 1.50 bits per heavy atom. The van der Waals surface area contributed by atoms with E-state index >= 15 is 0 Å². The van der Waals surface area contributed by atoms with Crippen LogP contribution in [0.3, 0.4) is 0 Å². The molecule has 1 aliphatic heterocycles. The van der Waals surface area contributed by atoms with E-state index in [4.69, 9.17) is 0 Å². The molecule has 0 spiro atoms. The normalized spacial score (nSPS) is 39.8. The lowest BCUT2D eigenvalue weighted by molar-refractivity contribution is 0.535. The lowest BCUT2D eigenvalue weighted by Crippen LogP contribution is -2.34. The first-order valence-electron chi connectivity index (χ1n) is 3.14. The fourth-order valence-corrected chi connectivity index (χ4v) is 1.74. The summed E-state index contributed by atoms with van der Waals surface area (Å²) in [5.41, 5.74) is 0. The summed E-state index contributed by atoms with van der Waals surface area (Å²) in [4.78, 5) is 0. The maximum atomic E-state index is 3.39. The molecule has 0 aromatic rings. The minimum Gasteiger partial charge on any atom is -0.305 e.